The topological polar surface area (TPSA) is 3.24 Å². The number of rotatable bonds is 1. The third-order valence-electron chi connectivity index (χ3n) is 5.01. The van der Waals surface area contributed by atoms with Crippen LogP contribution in [0.25, 0.3) is 0 Å². The minimum absolute atomic E-state index is 0.874. The van der Waals surface area contributed by atoms with Crippen LogP contribution in [0.1, 0.15) is 34.1 Å². The summed E-state index contributed by atoms with van der Waals surface area (Å²) in [5.74, 6) is 5.66. The lowest BCUT2D eigenvalue weighted by molar-refractivity contribution is -0.0499. The number of hydrogen-bond donors (Lipinski definition) is 0. The maximum Gasteiger partial charge on any atom is 0.00121 e. The van der Waals surface area contributed by atoms with Crippen molar-refractivity contribution in [2.45, 2.75) is 34.1 Å². The molecule has 0 N–H and O–H groups in total. The molecule has 88 valence electrons. The third kappa shape index (κ3) is 1.95. The lowest BCUT2D eigenvalue weighted by Crippen LogP contribution is -2.54. The Morgan fingerprint density at radius 2 is 1.47 bits per heavy atom. The van der Waals surface area contributed by atoms with Crippen LogP contribution in [0.5, 0.6) is 0 Å². The van der Waals surface area contributed by atoms with Crippen molar-refractivity contribution in [2.75, 3.05) is 20.1 Å². The fraction of sp³-hybridized carbons (Fsp3) is 1.00. The van der Waals surface area contributed by atoms with Gasteiger partial charge < -0.3 is 4.90 Å². The van der Waals surface area contributed by atoms with Gasteiger partial charge in [0.15, 0.2) is 0 Å². The number of piperidine rings is 1. The van der Waals surface area contributed by atoms with E-state index < -0.39 is 0 Å². The van der Waals surface area contributed by atoms with Gasteiger partial charge in [0.25, 0.3) is 0 Å². The standard InChI is InChI=1S/C14H27N/c1-9(2)14-12-7-15(5)8-13(14)11(4)6-10(12)3/h9-14H,6-8H2,1-5H3. The zero-order valence-electron chi connectivity index (χ0n) is 11.0. The van der Waals surface area contributed by atoms with E-state index in [-0.39, 0.29) is 0 Å². The van der Waals surface area contributed by atoms with E-state index in [0.717, 1.165) is 35.5 Å². The summed E-state index contributed by atoms with van der Waals surface area (Å²) in [6.45, 7) is 12.5. The van der Waals surface area contributed by atoms with E-state index in [0.29, 0.717) is 0 Å². The third-order valence-corrected chi connectivity index (χ3v) is 5.01. The predicted octanol–water partition coefficient (Wildman–Crippen LogP) is 3.11. The van der Waals surface area contributed by atoms with Gasteiger partial charge in [0.2, 0.25) is 0 Å². The zero-order valence-corrected chi connectivity index (χ0v) is 11.0. The van der Waals surface area contributed by atoms with Crippen molar-refractivity contribution in [1.29, 1.82) is 0 Å². The molecule has 1 heteroatoms. The normalized spacial score (nSPS) is 47.2. The van der Waals surface area contributed by atoms with Crippen molar-refractivity contribution >= 4 is 0 Å². The Hall–Kier alpha value is -0.0400. The highest BCUT2D eigenvalue weighted by Gasteiger charge is 2.45. The molecule has 1 aliphatic heterocycles. The van der Waals surface area contributed by atoms with Crippen LogP contribution in [0.3, 0.4) is 0 Å². The SMILES string of the molecule is CC(C)C1C2CN(C)CC1C(C)CC2C. The summed E-state index contributed by atoms with van der Waals surface area (Å²) < 4.78 is 0. The molecule has 15 heavy (non-hydrogen) atoms. The highest BCUT2D eigenvalue weighted by Crippen LogP contribution is 2.48. The van der Waals surface area contributed by atoms with Crippen LogP contribution in [0.15, 0.2) is 0 Å². The first-order chi connectivity index (χ1) is 7.00. The Morgan fingerprint density at radius 1 is 1.00 bits per heavy atom. The minimum atomic E-state index is 0.874. The molecule has 4 unspecified atom stereocenters. The minimum Gasteiger partial charge on any atom is -0.306 e. The monoisotopic (exact) mass is 209 g/mol. The summed E-state index contributed by atoms with van der Waals surface area (Å²) in [4.78, 5) is 2.57. The molecule has 0 radical (unpaired) electrons. The molecule has 0 amide bonds. The molecule has 1 aliphatic carbocycles. The van der Waals surface area contributed by atoms with Gasteiger partial charge in [-0.2, -0.15) is 0 Å². The Bertz CT molecular complexity index is 205. The molecule has 0 aromatic heterocycles. The van der Waals surface area contributed by atoms with E-state index in [2.05, 4.69) is 39.6 Å². The van der Waals surface area contributed by atoms with Gasteiger partial charge in [-0.3, -0.25) is 0 Å². The van der Waals surface area contributed by atoms with Crippen molar-refractivity contribution in [3.63, 3.8) is 0 Å². The van der Waals surface area contributed by atoms with E-state index in [1.54, 1.807) is 0 Å². The molecule has 1 heterocycles. The Morgan fingerprint density at radius 3 is 1.87 bits per heavy atom. The summed E-state index contributed by atoms with van der Waals surface area (Å²) in [5.41, 5.74) is 0. The van der Waals surface area contributed by atoms with Gasteiger partial charge >= 0.3 is 0 Å². The van der Waals surface area contributed by atoms with Gasteiger partial charge in [-0.1, -0.05) is 27.7 Å². The van der Waals surface area contributed by atoms with Crippen LogP contribution in [0.4, 0.5) is 0 Å². The van der Waals surface area contributed by atoms with Crippen LogP contribution in [-0.2, 0) is 0 Å². The molecule has 2 bridgehead atoms. The first kappa shape index (κ1) is 11.4. The molecule has 1 saturated carbocycles. The average molecular weight is 209 g/mol. The van der Waals surface area contributed by atoms with E-state index in [4.69, 9.17) is 0 Å². The van der Waals surface area contributed by atoms with Gasteiger partial charge in [-0.05, 0) is 49.0 Å². The highest BCUT2D eigenvalue weighted by molar-refractivity contribution is 4.96. The molecule has 1 saturated heterocycles. The maximum absolute atomic E-state index is 2.57. The summed E-state index contributed by atoms with van der Waals surface area (Å²) >= 11 is 0. The Labute approximate surface area is 95.2 Å². The second-order valence-electron chi connectivity index (χ2n) is 6.56. The van der Waals surface area contributed by atoms with E-state index in [1.165, 1.54) is 19.5 Å². The van der Waals surface area contributed by atoms with Crippen LogP contribution >= 0.6 is 0 Å². The van der Waals surface area contributed by atoms with Gasteiger partial charge in [0.05, 0.1) is 0 Å². The predicted molar refractivity (Wildman–Crippen MR) is 65.8 cm³/mol. The lowest BCUT2D eigenvalue weighted by Gasteiger charge is -2.53. The van der Waals surface area contributed by atoms with Crippen molar-refractivity contribution in [3.8, 4) is 0 Å². The lowest BCUT2D eigenvalue weighted by atomic mass is 9.57. The van der Waals surface area contributed by atoms with E-state index in [1.807, 2.05) is 0 Å². The van der Waals surface area contributed by atoms with E-state index >= 15 is 0 Å². The molecular formula is C14H27N. The summed E-state index contributed by atoms with van der Waals surface area (Å²) in [7, 11) is 2.31. The first-order valence-electron chi connectivity index (χ1n) is 6.69. The van der Waals surface area contributed by atoms with Crippen molar-refractivity contribution in [2.24, 2.45) is 35.5 Å². The molecule has 0 spiro atoms. The van der Waals surface area contributed by atoms with Crippen molar-refractivity contribution in [3.05, 3.63) is 0 Å². The molecule has 0 aromatic rings. The van der Waals surface area contributed by atoms with Gasteiger partial charge in [0.1, 0.15) is 0 Å². The molecule has 2 aliphatic rings. The molecule has 0 aromatic carbocycles. The zero-order chi connectivity index (χ0) is 11.2. The number of likely N-dealkylation sites (tertiary alicyclic amines) is 1. The summed E-state index contributed by atoms with van der Waals surface area (Å²) in [5, 5.41) is 0. The van der Waals surface area contributed by atoms with Gasteiger partial charge in [0, 0.05) is 13.1 Å². The molecule has 4 atom stereocenters. The Kier molecular flexibility index (Phi) is 3.12. The first-order valence-corrected chi connectivity index (χ1v) is 6.69. The number of fused-ring (bicyclic) bond motifs is 2. The average Bonchev–Trinajstić information content (AvgIpc) is 2.13. The smallest absolute Gasteiger partial charge is 0.00121 e. The van der Waals surface area contributed by atoms with Gasteiger partial charge in [-0.15, -0.1) is 0 Å². The van der Waals surface area contributed by atoms with Crippen molar-refractivity contribution < 1.29 is 0 Å². The Balaban J connectivity index is 2.23. The fourth-order valence-corrected chi connectivity index (χ4v) is 4.40. The fourth-order valence-electron chi connectivity index (χ4n) is 4.40. The summed E-state index contributed by atoms with van der Waals surface area (Å²) in [6, 6.07) is 0. The largest absolute Gasteiger partial charge is 0.306 e. The van der Waals surface area contributed by atoms with Crippen LogP contribution in [0, 0.1) is 35.5 Å². The molecule has 2 fully saturated rings. The van der Waals surface area contributed by atoms with Crippen LogP contribution < -0.4 is 0 Å². The molecular weight excluding hydrogens is 182 g/mol. The molecule has 1 nitrogen and oxygen atoms in total. The summed E-state index contributed by atoms with van der Waals surface area (Å²) in [6.07, 6.45) is 1.46. The number of hydrogen-bond acceptors (Lipinski definition) is 1. The quantitative estimate of drug-likeness (QED) is 0.641. The van der Waals surface area contributed by atoms with Crippen LogP contribution in [0.2, 0.25) is 0 Å². The molecule has 2 rings (SSSR count). The highest BCUT2D eigenvalue weighted by atomic mass is 15.1. The van der Waals surface area contributed by atoms with Crippen molar-refractivity contribution in [1.82, 2.24) is 4.90 Å². The van der Waals surface area contributed by atoms with E-state index in [9.17, 15) is 0 Å². The second-order valence-corrected chi connectivity index (χ2v) is 6.56. The maximum atomic E-state index is 2.57. The van der Waals surface area contributed by atoms with Gasteiger partial charge in [-0.25, -0.2) is 0 Å². The van der Waals surface area contributed by atoms with Crippen LogP contribution in [-0.4, -0.2) is 25.0 Å². The second kappa shape index (κ2) is 4.08. The number of nitrogens with zero attached hydrogens (tertiary/aromatic N) is 1.